The lowest BCUT2D eigenvalue weighted by Crippen LogP contribution is -2.22. The second-order valence-corrected chi connectivity index (χ2v) is 4.64. The summed E-state index contributed by atoms with van der Waals surface area (Å²) in [5, 5.41) is 0. The summed E-state index contributed by atoms with van der Waals surface area (Å²) in [5.74, 6) is 3.26. The Kier molecular flexibility index (Phi) is 3.27. The lowest BCUT2D eigenvalue weighted by atomic mass is 10.3. The predicted octanol–water partition coefficient (Wildman–Crippen LogP) is 1.86. The van der Waals surface area contributed by atoms with Crippen LogP contribution in [0.4, 0.5) is 11.6 Å². The maximum absolute atomic E-state index is 5.80. The van der Waals surface area contributed by atoms with Gasteiger partial charge in [0.1, 0.15) is 17.5 Å². The number of nitrogens with zero attached hydrogens (tertiary/aromatic N) is 3. The first kappa shape index (κ1) is 11.2. The van der Waals surface area contributed by atoms with Gasteiger partial charge in [-0.2, -0.15) is 0 Å². The van der Waals surface area contributed by atoms with Crippen LogP contribution in [0.1, 0.15) is 32.0 Å². The standard InChI is InChI=1S/C12H20N4/c1-3-4-11-14-10(13)7-12(15-11)16(2)8-9-5-6-9/h7,9H,3-6,8H2,1-2H3,(H2,13,14,15). The Labute approximate surface area is 96.9 Å². The van der Waals surface area contributed by atoms with Crippen LogP contribution in [0.5, 0.6) is 0 Å². The molecule has 1 heterocycles. The molecule has 1 fully saturated rings. The summed E-state index contributed by atoms with van der Waals surface area (Å²) in [5.41, 5.74) is 5.80. The van der Waals surface area contributed by atoms with Crippen LogP contribution < -0.4 is 10.6 Å². The van der Waals surface area contributed by atoms with Crippen molar-refractivity contribution in [2.24, 2.45) is 5.92 Å². The van der Waals surface area contributed by atoms with Crippen molar-refractivity contribution >= 4 is 11.6 Å². The molecule has 0 saturated heterocycles. The van der Waals surface area contributed by atoms with E-state index in [1.807, 2.05) is 6.07 Å². The Morgan fingerprint density at radius 3 is 2.81 bits per heavy atom. The molecule has 1 aromatic rings. The molecule has 88 valence electrons. The highest BCUT2D eigenvalue weighted by molar-refractivity contribution is 5.46. The summed E-state index contributed by atoms with van der Waals surface area (Å²) in [6, 6.07) is 1.86. The second-order valence-electron chi connectivity index (χ2n) is 4.64. The Morgan fingerprint density at radius 2 is 2.19 bits per heavy atom. The number of hydrogen-bond donors (Lipinski definition) is 1. The molecule has 1 aliphatic carbocycles. The fourth-order valence-electron chi connectivity index (χ4n) is 1.82. The van der Waals surface area contributed by atoms with Gasteiger partial charge in [-0.3, -0.25) is 0 Å². The van der Waals surface area contributed by atoms with Crippen LogP contribution in [0.3, 0.4) is 0 Å². The highest BCUT2D eigenvalue weighted by Gasteiger charge is 2.23. The topological polar surface area (TPSA) is 55.0 Å². The minimum absolute atomic E-state index is 0.580. The largest absolute Gasteiger partial charge is 0.384 e. The molecule has 0 unspecified atom stereocenters. The van der Waals surface area contributed by atoms with Crippen LogP contribution in [0, 0.1) is 5.92 Å². The van der Waals surface area contributed by atoms with Gasteiger partial charge in [-0.1, -0.05) is 6.92 Å². The van der Waals surface area contributed by atoms with Gasteiger partial charge in [0.25, 0.3) is 0 Å². The van der Waals surface area contributed by atoms with E-state index in [0.717, 1.165) is 36.9 Å². The third-order valence-electron chi connectivity index (χ3n) is 2.87. The van der Waals surface area contributed by atoms with Crippen molar-refractivity contribution in [3.63, 3.8) is 0 Å². The molecule has 0 amide bonds. The lowest BCUT2D eigenvalue weighted by Gasteiger charge is -2.18. The van der Waals surface area contributed by atoms with Crippen molar-refractivity contribution in [1.82, 2.24) is 9.97 Å². The number of nitrogen functional groups attached to an aromatic ring is 1. The zero-order valence-electron chi connectivity index (χ0n) is 10.1. The first-order valence-corrected chi connectivity index (χ1v) is 6.03. The van der Waals surface area contributed by atoms with Gasteiger partial charge >= 0.3 is 0 Å². The predicted molar refractivity (Wildman–Crippen MR) is 66.4 cm³/mol. The van der Waals surface area contributed by atoms with Gasteiger partial charge < -0.3 is 10.6 Å². The molecule has 0 radical (unpaired) electrons. The van der Waals surface area contributed by atoms with E-state index in [9.17, 15) is 0 Å². The minimum atomic E-state index is 0.580. The molecule has 0 aliphatic heterocycles. The average molecular weight is 220 g/mol. The van der Waals surface area contributed by atoms with E-state index in [1.165, 1.54) is 12.8 Å². The highest BCUT2D eigenvalue weighted by atomic mass is 15.2. The maximum Gasteiger partial charge on any atom is 0.134 e. The Morgan fingerprint density at radius 1 is 1.44 bits per heavy atom. The van der Waals surface area contributed by atoms with Gasteiger partial charge in [-0.25, -0.2) is 9.97 Å². The average Bonchev–Trinajstić information content (AvgIpc) is 3.01. The first-order valence-electron chi connectivity index (χ1n) is 6.03. The van der Waals surface area contributed by atoms with Crippen LogP contribution in [-0.2, 0) is 6.42 Å². The Balaban J connectivity index is 2.11. The molecule has 1 aromatic heterocycles. The summed E-state index contributed by atoms with van der Waals surface area (Å²) in [6.07, 6.45) is 4.66. The molecule has 0 aromatic carbocycles. The molecule has 16 heavy (non-hydrogen) atoms. The molecule has 4 nitrogen and oxygen atoms in total. The van der Waals surface area contributed by atoms with Crippen LogP contribution in [-0.4, -0.2) is 23.6 Å². The summed E-state index contributed by atoms with van der Waals surface area (Å²) >= 11 is 0. The van der Waals surface area contributed by atoms with E-state index in [-0.39, 0.29) is 0 Å². The quantitative estimate of drug-likeness (QED) is 0.823. The number of hydrogen-bond acceptors (Lipinski definition) is 4. The zero-order chi connectivity index (χ0) is 11.5. The second kappa shape index (κ2) is 4.68. The van der Waals surface area contributed by atoms with Gasteiger partial charge in [0.15, 0.2) is 0 Å². The van der Waals surface area contributed by atoms with Crippen molar-refractivity contribution in [2.75, 3.05) is 24.2 Å². The van der Waals surface area contributed by atoms with Crippen LogP contribution in [0.25, 0.3) is 0 Å². The Bertz CT molecular complexity index is 360. The van der Waals surface area contributed by atoms with E-state index in [1.54, 1.807) is 0 Å². The molecule has 4 heteroatoms. The molecule has 0 bridgehead atoms. The smallest absolute Gasteiger partial charge is 0.134 e. The van der Waals surface area contributed by atoms with E-state index in [4.69, 9.17) is 5.73 Å². The Hall–Kier alpha value is -1.32. The van der Waals surface area contributed by atoms with Gasteiger partial charge in [-0.05, 0) is 25.2 Å². The number of rotatable bonds is 5. The summed E-state index contributed by atoms with van der Waals surface area (Å²) in [7, 11) is 2.08. The van der Waals surface area contributed by atoms with Crippen LogP contribution >= 0.6 is 0 Å². The molecule has 2 rings (SSSR count). The normalized spacial score (nSPS) is 15.1. The van der Waals surface area contributed by atoms with E-state index in [2.05, 4.69) is 28.8 Å². The number of nitrogens with two attached hydrogens (primary N) is 1. The molecule has 0 spiro atoms. The third-order valence-corrected chi connectivity index (χ3v) is 2.87. The summed E-state index contributed by atoms with van der Waals surface area (Å²) in [6.45, 7) is 3.21. The summed E-state index contributed by atoms with van der Waals surface area (Å²) in [4.78, 5) is 11.0. The first-order chi connectivity index (χ1) is 7.69. The van der Waals surface area contributed by atoms with Crippen LogP contribution in [0.2, 0.25) is 0 Å². The third kappa shape index (κ3) is 2.84. The number of anilines is 2. The monoisotopic (exact) mass is 220 g/mol. The van der Waals surface area contributed by atoms with E-state index < -0.39 is 0 Å². The highest BCUT2D eigenvalue weighted by Crippen LogP contribution is 2.30. The fraction of sp³-hybridized carbons (Fsp3) is 0.667. The van der Waals surface area contributed by atoms with Gasteiger partial charge in [0.05, 0.1) is 0 Å². The van der Waals surface area contributed by atoms with Crippen molar-refractivity contribution in [3.8, 4) is 0 Å². The van der Waals surface area contributed by atoms with E-state index >= 15 is 0 Å². The SMILES string of the molecule is CCCc1nc(N)cc(N(C)CC2CC2)n1. The van der Waals surface area contributed by atoms with Gasteiger partial charge in [0, 0.05) is 26.1 Å². The number of aryl methyl sites for hydroxylation is 1. The molecule has 1 aliphatic rings. The molecule has 2 N–H and O–H groups in total. The van der Waals surface area contributed by atoms with Gasteiger partial charge in [-0.15, -0.1) is 0 Å². The van der Waals surface area contributed by atoms with Crippen molar-refractivity contribution in [1.29, 1.82) is 0 Å². The van der Waals surface area contributed by atoms with Gasteiger partial charge in [0.2, 0.25) is 0 Å². The minimum Gasteiger partial charge on any atom is -0.384 e. The lowest BCUT2D eigenvalue weighted by molar-refractivity contribution is 0.762. The molecular formula is C12H20N4. The van der Waals surface area contributed by atoms with Crippen LogP contribution in [0.15, 0.2) is 6.07 Å². The molecule has 0 atom stereocenters. The molecular weight excluding hydrogens is 200 g/mol. The fourth-order valence-corrected chi connectivity index (χ4v) is 1.82. The van der Waals surface area contributed by atoms with Crippen molar-refractivity contribution in [3.05, 3.63) is 11.9 Å². The summed E-state index contributed by atoms with van der Waals surface area (Å²) < 4.78 is 0. The number of aromatic nitrogens is 2. The van der Waals surface area contributed by atoms with Crippen molar-refractivity contribution in [2.45, 2.75) is 32.6 Å². The molecule has 1 saturated carbocycles. The van der Waals surface area contributed by atoms with Crippen molar-refractivity contribution < 1.29 is 0 Å². The van der Waals surface area contributed by atoms with E-state index in [0.29, 0.717) is 5.82 Å². The zero-order valence-corrected chi connectivity index (χ0v) is 10.1. The maximum atomic E-state index is 5.80.